The molecule has 1 heterocycles. The summed E-state index contributed by atoms with van der Waals surface area (Å²) in [5.74, 6) is 2.00. The van der Waals surface area contributed by atoms with Gasteiger partial charge in [-0.25, -0.2) is 0 Å². The maximum absolute atomic E-state index is 12.4. The first-order chi connectivity index (χ1) is 11.6. The molecule has 3 rings (SSSR count). The summed E-state index contributed by atoms with van der Waals surface area (Å²) in [5.41, 5.74) is 3.75. The SMILES string of the molecule is COc1cc(C)cc(C)c1CC(=O)Nc1ccc2c(c1)OCCO2. The van der Waals surface area contributed by atoms with Gasteiger partial charge >= 0.3 is 0 Å². The van der Waals surface area contributed by atoms with Gasteiger partial charge < -0.3 is 19.5 Å². The molecule has 2 aromatic rings. The van der Waals surface area contributed by atoms with Gasteiger partial charge in [0, 0.05) is 17.3 Å². The summed E-state index contributed by atoms with van der Waals surface area (Å²) in [6, 6.07) is 9.40. The summed E-state index contributed by atoms with van der Waals surface area (Å²) in [4.78, 5) is 12.4. The summed E-state index contributed by atoms with van der Waals surface area (Å²) >= 11 is 0. The Morgan fingerprint density at radius 3 is 2.62 bits per heavy atom. The number of rotatable bonds is 4. The number of fused-ring (bicyclic) bond motifs is 1. The monoisotopic (exact) mass is 327 g/mol. The first-order valence-corrected chi connectivity index (χ1v) is 7.90. The second-order valence-corrected chi connectivity index (χ2v) is 5.85. The van der Waals surface area contributed by atoms with E-state index in [-0.39, 0.29) is 12.3 Å². The molecule has 5 nitrogen and oxygen atoms in total. The Labute approximate surface area is 141 Å². The summed E-state index contributed by atoms with van der Waals surface area (Å²) in [6.07, 6.45) is 0.254. The normalized spacial score (nSPS) is 12.6. The Balaban J connectivity index is 1.74. The Bertz CT molecular complexity index is 770. The molecule has 0 spiro atoms. The average Bonchev–Trinajstić information content (AvgIpc) is 2.57. The van der Waals surface area contributed by atoms with E-state index >= 15 is 0 Å². The van der Waals surface area contributed by atoms with Crippen molar-refractivity contribution in [2.75, 3.05) is 25.6 Å². The fraction of sp³-hybridized carbons (Fsp3) is 0.316. The van der Waals surface area contributed by atoms with Crippen molar-refractivity contribution in [3.8, 4) is 17.2 Å². The molecule has 24 heavy (non-hydrogen) atoms. The van der Waals surface area contributed by atoms with Crippen molar-refractivity contribution in [3.05, 3.63) is 47.0 Å². The van der Waals surface area contributed by atoms with Crippen molar-refractivity contribution < 1.29 is 19.0 Å². The number of carbonyl (C=O) groups excluding carboxylic acids is 1. The first-order valence-electron chi connectivity index (χ1n) is 7.90. The molecule has 1 aliphatic rings. The molecule has 0 radical (unpaired) electrons. The molecule has 0 bridgehead atoms. The Hall–Kier alpha value is -2.69. The number of aryl methyl sites for hydroxylation is 2. The number of hydrogen-bond donors (Lipinski definition) is 1. The van der Waals surface area contributed by atoms with Crippen LogP contribution in [-0.4, -0.2) is 26.2 Å². The van der Waals surface area contributed by atoms with Crippen LogP contribution in [0, 0.1) is 13.8 Å². The molecule has 1 amide bonds. The number of amides is 1. The Morgan fingerprint density at radius 2 is 1.88 bits per heavy atom. The molecule has 0 saturated heterocycles. The van der Waals surface area contributed by atoms with Crippen LogP contribution >= 0.6 is 0 Å². The van der Waals surface area contributed by atoms with Gasteiger partial charge in [-0.15, -0.1) is 0 Å². The zero-order chi connectivity index (χ0) is 17.1. The van der Waals surface area contributed by atoms with Crippen LogP contribution in [0.15, 0.2) is 30.3 Å². The first kappa shape index (κ1) is 16.2. The van der Waals surface area contributed by atoms with Crippen molar-refractivity contribution in [1.29, 1.82) is 0 Å². The minimum Gasteiger partial charge on any atom is -0.496 e. The largest absolute Gasteiger partial charge is 0.496 e. The lowest BCUT2D eigenvalue weighted by Crippen LogP contribution is -2.17. The van der Waals surface area contributed by atoms with E-state index in [2.05, 4.69) is 11.4 Å². The van der Waals surface area contributed by atoms with Gasteiger partial charge in [0.25, 0.3) is 0 Å². The summed E-state index contributed by atoms with van der Waals surface area (Å²) < 4.78 is 16.4. The van der Waals surface area contributed by atoms with Crippen molar-refractivity contribution in [3.63, 3.8) is 0 Å². The molecule has 5 heteroatoms. The van der Waals surface area contributed by atoms with E-state index in [9.17, 15) is 4.79 Å². The predicted molar refractivity (Wildman–Crippen MR) is 92.2 cm³/mol. The van der Waals surface area contributed by atoms with Gasteiger partial charge in [0.1, 0.15) is 19.0 Å². The molecule has 0 aliphatic carbocycles. The van der Waals surface area contributed by atoms with E-state index in [1.54, 1.807) is 13.2 Å². The maximum Gasteiger partial charge on any atom is 0.228 e. The van der Waals surface area contributed by atoms with Gasteiger partial charge in [0.15, 0.2) is 11.5 Å². The van der Waals surface area contributed by atoms with Gasteiger partial charge in [0.2, 0.25) is 5.91 Å². The molecule has 2 aromatic carbocycles. The molecule has 0 saturated carbocycles. The van der Waals surface area contributed by atoms with Gasteiger partial charge in [-0.2, -0.15) is 0 Å². The van der Waals surface area contributed by atoms with Crippen molar-refractivity contribution >= 4 is 11.6 Å². The van der Waals surface area contributed by atoms with E-state index in [0.29, 0.717) is 30.4 Å². The molecule has 0 unspecified atom stereocenters. The van der Waals surface area contributed by atoms with Crippen LogP contribution < -0.4 is 19.5 Å². The lowest BCUT2D eigenvalue weighted by atomic mass is 10.0. The number of ether oxygens (including phenoxy) is 3. The second-order valence-electron chi connectivity index (χ2n) is 5.85. The highest BCUT2D eigenvalue weighted by Gasteiger charge is 2.15. The summed E-state index contributed by atoms with van der Waals surface area (Å²) in [7, 11) is 1.62. The number of carbonyl (C=O) groups is 1. The number of nitrogens with one attached hydrogen (secondary N) is 1. The van der Waals surface area contributed by atoms with Crippen molar-refractivity contribution in [1.82, 2.24) is 0 Å². The molecule has 0 fully saturated rings. The van der Waals surface area contributed by atoms with Crippen LogP contribution in [-0.2, 0) is 11.2 Å². The van der Waals surface area contributed by atoms with Crippen molar-refractivity contribution in [2.45, 2.75) is 20.3 Å². The number of benzene rings is 2. The van der Waals surface area contributed by atoms with Gasteiger partial charge in [-0.1, -0.05) is 6.07 Å². The molecule has 0 atom stereocenters. The second kappa shape index (κ2) is 6.83. The topological polar surface area (TPSA) is 56.8 Å². The highest BCUT2D eigenvalue weighted by atomic mass is 16.6. The minimum absolute atomic E-state index is 0.100. The lowest BCUT2D eigenvalue weighted by molar-refractivity contribution is -0.115. The standard InChI is InChI=1S/C19H21NO4/c1-12-8-13(2)15(17(9-12)22-3)11-19(21)20-14-4-5-16-18(10-14)24-7-6-23-16/h4-5,8-10H,6-7,11H2,1-3H3,(H,20,21). The maximum atomic E-state index is 12.4. The molecular formula is C19H21NO4. The van der Waals surface area contributed by atoms with Gasteiger partial charge in [-0.05, 0) is 43.2 Å². The van der Waals surface area contributed by atoms with Crippen LogP contribution in [0.5, 0.6) is 17.2 Å². The third kappa shape index (κ3) is 3.45. The van der Waals surface area contributed by atoms with Crippen LogP contribution in [0.2, 0.25) is 0 Å². The minimum atomic E-state index is -0.100. The van der Waals surface area contributed by atoms with E-state index in [0.717, 1.165) is 22.4 Å². The zero-order valence-corrected chi connectivity index (χ0v) is 14.1. The van der Waals surface area contributed by atoms with Crippen LogP contribution in [0.25, 0.3) is 0 Å². The fourth-order valence-electron chi connectivity index (χ4n) is 2.85. The highest BCUT2D eigenvalue weighted by Crippen LogP contribution is 2.32. The third-order valence-electron chi connectivity index (χ3n) is 3.96. The summed E-state index contributed by atoms with van der Waals surface area (Å²) in [5, 5.41) is 2.90. The Kier molecular flexibility index (Phi) is 4.60. The molecular weight excluding hydrogens is 306 g/mol. The lowest BCUT2D eigenvalue weighted by Gasteiger charge is -2.19. The highest BCUT2D eigenvalue weighted by molar-refractivity contribution is 5.93. The smallest absolute Gasteiger partial charge is 0.228 e. The predicted octanol–water partition coefficient (Wildman–Crippen LogP) is 3.26. The molecule has 1 N–H and O–H groups in total. The number of hydrogen-bond acceptors (Lipinski definition) is 4. The fourth-order valence-corrected chi connectivity index (χ4v) is 2.85. The van der Waals surface area contributed by atoms with E-state index in [4.69, 9.17) is 14.2 Å². The third-order valence-corrected chi connectivity index (χ3v) is 3.96. The molecule has 126 valence electrons. The van der Waals surface area contributed by atoms with Gasteiger partial charge in [0.05, 0.1) is 13.5 Å². The van der Waals surface area contributed by atoms with E-state index in [1.165, 1.54) is 0 Å². The van der Waals surface area contributed by atoms with Gasteiger partial charge in [-0.3, -0.25) is 4.79 Å². The number of anilines is 1. The van der Waals surface area contributed by atoms with Crippen LogP contribution in [0.3, 0.4) is 0 Å². The van der Waals surface area contributed by atoms with Crippen LogP contribution in [0.4, 0.5) is 5.69 Å². The summed E-state index contributed by atoms with van der Waals surface area (Å²) in [6.45, 7) is 5.06. The Morgan fingerprint density at radius 1 is 1.12 bits per heavy atom. The van der Waals surface area contributed by atoms with Crippen LogP contribution in [0.1, 0.15) is 16.7 Å². The quantitative estimate of drug-likeness (QED) is 0.936. The number of methoxy groups -OCH3 is 1. The van der Waals surface area contributed by atoms with E-state index < -0.39 is 0 Å². The molecule has 1 aliphatic heterocycles. The van der Waals surface area contributed by atoms with Crippen molar-refractivity contribution in [2.24, 2.45) is 0 Å². The van der Waals surface area contributed by atoms with E-state index in [1.807, 2.05) is 32.0 Å². The average molecular weight is 327 g/mol. The zero-order valence-electron chi connectivity index (χ0n) is 14.1. The molecule has 0 aromatic heterocycles.